The molecule has 0 saturated heterocycles. The van der Waals surface area contributed by atoms with Crippen LogP contribution in [0.2, 0.25) is 0 Å². The number of nitrogens with zero attached hydrogens (tertiary/aromatic N) is 1. The molecule has 0 saturated carbocycles. The van der Waals surface area contributed by atoms with Gasteiger partial charge in [0, 0.05) is 0 Å². The molecule has 2 heteroatoms. The second kappa shape index (κ2) is 3.11. The van der Waals surface area contributed by atoms with Gasteiger partial charge in [-0.2, -0.15) is 5.11 Å². The van der Waals surface area contributed by atoms with Crippen LogP contribution >= 0.6 is 0 Å². The molecular weight excluding hydrogens is 124 g/mol. The zero-order valence-corrected chi connectivity index (χ0v) is 5.96. The van der Waals surface area contributed by atoms with Crippen LogP contribution in [0.15, 0.2) is 29.4 Å². The molecule has 52 valence electrons. The van der Waals surface area contributed by atoms with Gasteiger partial charge in [-0.3, -0.25) is 0 Å². The van der Waals surface area contributed by atoms with Gasteiger partial charge in [-0.1, -0.05) is 29.8 Å². The zero-order valence-electron chi connectivity index (χ0n) is 5.96. The Morgan fingerprint density at radius 3 is 2.40 bits per heavy atom. The van der Waals surface area contributed by atoms with Crippen LogP contribution in [0.5, 0.6) is 0 Å². The molecule has 0 aromatic heterocycles. The minimum absolute atomic E-state index is 0.500. The fraction of sp³-hybridized carbons (Fsp3) is 0.250. The molecular formula is C8H10N2. The van der Waals surface area contributed by atoms with E-state index < -0.39 is 0 Å². The maximum atomic E-state index is 6.62. The minimum Gasteiger partial charge on any atom is -0.210 e. The third-order valence-corrected chi connectivity index (χ3v) is 1.38. The topological polar surface area (TPSA) is 36.2 Å². The van der Waals surface area contributed by atoms with E-state index in [1.807, 2.05) is 31.2 Å². The molecule has 0 unspecified atom stereocenters. The van der Waals surface area contributed by atoms with E-state index >= 15 is 0 Å². The van der Waals surface area contributed by atoms with Gasteiger partial charge in [0.25, 0.3) is 0 Å². The van der Waals surface area contributed by atoms with E-state index in [1.54, 1.807) is 0 Å². The Kier molecular flexibility index (Phi) is 2.15. The van der Waals surface area contributed by atoms with Gasteiger partial charge in [0.1, 0.15) is 0 Å². The van der Waals surface area contributed by atoms with E-state index in [4.69, 9.17) is 5.53 Å². The molecule has 0 aliphatic rings. The molecule has 0 fully saturated rings. The monoisotopic (exact) mass is 134 g/mol. The van der Waals surface area contributed by atoms with Crippen molar-refractivity contribution in [3.8, 4) is 0 Å². The molecule has 1 N–H and O–H groups in total. The fourth-order valence-electron chi connectivity index (χ4n) is 0.785. The standard InChI is InChI=1S/C8H10N2/c1-7-2-4-8(5-3-7)6-10-9/h2-5,9H,6H2,1H3. The van der Waals surface area contributed by atoms with E-state index in [1.165, 1.54) is 5.56 Å². The SMILES string of the molecule is Cc1ccc(CN=N)cc1. The summed E-state index contributed by atoms with van der Waals surface area (Å²) in [4.78, 5) is 0. The van der Waals surface area contributed by atoms with Crippen molar-refractivity contribution in [1.82, 2.24) is 0 Å². The summed E-state index contributed by atoms with van der Waals surface area (Å²) in [5, 5.41) is 3.29. The van der Waals surface area contributed by atoms with Crippen molar-refractivity contribution in [3.63, 3.8) is 0 Å². The number of hydrogen-bond donors (Lipinski definition) is 1. The van der Waals surface area contributed by atoms with Crippen LogP contribution < -0.4 is 0 Å². The number of hydrogen-bond acceptors (Lipinski definition) is 2. The summed E-state index contributed by atoms with van der Waals surface area (Å²) in [6.45, 7) is 2.54. The molecule has 1 aromatic carbocycles. The summed E-state index contributed by atoms with van der Waals surface area (Å²) in [6.07, 6.45) is 0. The highest BCUT2D eigenvalue weighted by atomic mass is 14.9. The summed E-state index contributed by atoms with van der Waals surface area (Å²) in [5.74, 6) is 0. The summed E-state index contributed by atoms with van der Waals surface area (Å²) in [7, 11) is 0. The highest BCUT2D eigenvalue weighted by Gasteiger charge is 1.87. The number of nitrogens with one attached hydrogen (secondary N) is 1. The van der Waals surface area contributed by atoms with Gasteiger partial charge in [-0.15, -0.1) is 0 Å². The smallest absolute Gasteiger partial charge is 0.0846 e. The molecule has 1 aromatic rings. The summed E-state index contributed by atoms with van der Waals surface area (Å²) >= 11 is 0. The molecule has 0 radical (unpaired) electrons. The normalized spacial score (nSPS) is 9.30. The summed E-state index contributed by atoms with van der Waals surface area (Å²) in [5.41, 5.74) is 8.96. The van der Waals surface area contributed by atoms with Crippen LogP contribution in [0.25, 0.3) is 0 Å². The molecule has 0 spiro atoms. The van der Waals surface area contributed by atoms with Gasteiger partial charge >= 0.3 is 0 Å². The molecule has 10 heavy (non-hydrogen) atoms. The molecule has 0 atom stereocenters. The van der Waals surface area contributed by atoms with Crippen molar-refractivity contribution in [2.45, 2.75) is 13.5 Å². The van der Waals surface area contributed by atoms with Crippen molar-refractivity contribution in [3.05, 3.63) is 35.4 Å². The molecule has 0 bridgehead atoms. The first-order valence-electron chi connectivity index (χ1n) is 3.21. The highest BCUT2D eigenvalue weighted by molar-refractivity contribution is 5.20. The second-order valence-corrected chi connectivity index (χ2v) is 2.30. The lowest BCUT2D eigenvalue weighted by atomic mass is 10.2. The first-order chi connectivity index (χ1) is 4.83. The lowest BCUT2D eigenvalue weighted by Crippen LogP contribution is -1.79. The van der Waals surface area contributed by atoms with E-state index in [0.717, 1.165) is 5.56 Å². The van der Waals surface area contributed by atoms with E-state index in [2.05, 4.69) is 5.11 Å². The van der Waals surface area contributed by atoms with Crippen molar-refractivity contribution >= 4 is 0 Å². The third-order valence-electron chi connectivity index (χ3n) is 1.38. The van der Waals surface area contributed by atoms with Gasteiger partial charge < -0.3 is 0 Å². The predicted molar refractivity (Wildman–Crippen MR) is 40.0 cm³/mol. The molecule has 0 aliphatic carbocycles. The Morgan fingerprint density at radius 1 is 1.30 bits per heavy atom. The maximum absolute atomic E-state index is 6.62. The largest absolute Gasteiger partial charge is 0.210 e. The first kappa shape index (κ1) is 6.93. The maximum Gasteiger partial charge on any atom is 0.0846 e. The van der Waals surface area contributed by atoms with E-state index in [-0.39, 0.29) is 0 Å². The van der Waals surface area contributed by atoms with Crippen LogP contribution in [0.3, 0.4) is 0 Å². The molecule has 0 aliphatic heterocycles. The summed E-state index contributed by atoms with van der Waals surface area (Å²) < 4.78 is 0. The van der Waals surface area contributed by atoms with Gasteiger partial charge in [0.15, 0.2) is 0 Å². The van der Waals surface area contributed by atoms with Gasteiger partial charge in [0.05, 0.1) is 6.54 Å². The van der Waals surface area contributed by atoms with Crippen LogP contribution in [0, 0.1) is 12.5 Å². The van der Waals surface area contributed by atoms with Crippen LogP contribution in [0.1, 0.15) is 11.1 Å². The van der Waals surface area contributed by atoms with E-state index in [0.29, 0.717) is 6.54 Å². The lowest BCUT2D eigenvalue weighted by molar-refractivity contribution is 0.907. The Labute approximate surface area is 60.4 Å². The Hall–Kier alpha value is -1.18. The summed E-state index contributed by atoms with van der Waals surface area (Å²) in [6, 6.07) is 8.04. The molecule has 1 rings (SSSR count). The number of rotatable bonds is 2. The highest BCUT2D eigenvalue weighted by Crippen LogP contribution is 2.03. The fourth-order valence-corrected chi connectivity index (χ4v) is 0.785. The van der Waals surface area contributed by atoms with Gasteiger partial charge in [-0.05, 0) is 12.5 Å². The third kappa shape index (κ3) is 1.65. The Balaban J connectivity index is 2.78. The average molecular weight is 134 g/mol. The van der Waals surface area contributed by atoms with Gasteiger partial charge in [0.2, 0.25) is 0 Å². The van der Waals surface area contributed by atoms with Crippen molar-refractivity contribution in [1.29, 1.82) is 5.53 Å². The van der Waals surface area contributed by atoms with Crippen LogP contribution in [0.4, 0.5) is 0 Å². The zero-order chi connectivity index (χ0) is 7.40. The van der Waals surface area contributed by atoms with Crippen LogP contribution in [-0.2, 0) is 6.54 Å². The molecule has 0 amide bonds. The van der Waals surface area contributed by atoms with E-state index in [9.17, 15) is 0 Å². The first-order valence-corrected chi connectivity index (χ1v) is 3.21. The molecule has 0 heterocycles. The minimum atomic E-state index is 0.500. The Bertz CT molecular complexity index is 213. The predicted octanol–water partition coefficient (Wildman–Crippen LogP) is 2.53. The van der Waals surface area contributed by atoms with Crippen molar-refractivity contribution in [2.24, 2.45) is 5.11 Å². The lowest BCUT2D eigenvalue weighted by Gasteiger charge is -1.94. The quantitative estimate of drug-likeness (QED) is 0.603. The van der Waals surface area contributed by atoms with Crippen molar-refractivity contribution < 1.29 is 0 Å². The average Bonchev–Trinajstić information content (AvgIpc) is 1.95. The number of aryl methyl sites for hydroxylation is 1. The van der Waals surface area contributed by atoms with Crippen LogP contribution in [-0.4, -0.2) is 0 Å². The second-order valence-electron chi connectivity index (χ2n) is 2.30. The van der Waals surface area contributed by atoms with Gasteiger partial charge in [-0.25, -0.2) is 5.53 Å². The number of benzene rings is 1. The Morgan fingerprint density at radius 2 is 1.90 bits per heavy atom. The molecule has 2 nitrogen and oxygen atoms in total. The van der Waals surface area contributed by atoms with Crippen molar-refractivity contribution in [2.75, 3.05) is 0 Å².